The van der Waals surface area contributed by atoms with Gasteiger partial charge in [-0.1, -0.05) is 68.4 Å². The topological polar surface area (TPSA) is 69.0 Å². The highest BCUT2D eigenvalue weighted by molar-refractivity contribution is 7.99. The number of benzene rings is 2. The molecule has 168 valence electrons. The number of nitrogens with zero attached hydrogens (tertiary/aromatic N) is 3. The summed E-state index contributed by atoms with van der Waals surface area (Å²) in [6.07, 6.45) is 2.12. The number of hydrogen-bond acceptors (Lipinski definition) is 5. The van der Waals surface area contributed by atoms with E-state index < -0.39 is 0 Å². The highest BCUT2D eigenvalue weighted by Crippen LogP contribution is 2.33. The molecule has 1 heterocycles. The second-order valence-corrected chi connectivity index (χ2v) is 10.3. The Labute approximate surface area is 197 Å². The Morgan fingerprint density at radius 3 is 2.50 bits per heavy atom. The van der Waals surface area contributed by atoms with Gasteiger partial charge in [0.1, 0.15) is 5.75 Å². The quantitative estimate of drug-likeness (QED) is 0.477. The van der Waals surface area contributed by atoms with Crippen LogP contribution in [0.4, 0.5) is 0 Å². The summed E-state index contributed by atoms with van der Waals surface area (Å²) >= 11 is 7.77. The zero-order chi connectivity index (χ0) is 22.9. The maximum Gasteiger partial charge on any atom is 0.230 e. The summed E-state index contributed by atoms with van der Waals surface area (Å²) < 4.78 is 7.24. The van der Waals surface area contributed by atoms with Gasteiger partial charge >= 0.3 is 0 Å². The van der Waals surface area contributed by atoms with E-state index in [2.05, 4.69) is 60.6 Å². The fourth-order valence-corrected chi connectivity index (χ4v) is 4.34. The number of carbonyl (C=O) groups excluding carboxylic acids is 1. The molecule has 0 spiro atoms. The first-order chi connectivity index (χ1) is 15.3. The summed E-state index contributed by atoms with van der Waals surface area (Å²) in [6, 6.07) is 14.2. The van der Waals surface area contributed by atoms with E-state index >= 15 is 0 Å². The third kappa shape index (κ3) is 5.10. The molecule has 0 radical (unpaired) electrons. The Kier molecular flexibility index (Phi) is 6.49. The summed E-state index contributed by atoms with van der Waals surface area (Å²) in [4.78, 5) is 12.2. The molecule has 1 amide bonds. The Morgan fingerprint density at radius 1 is 1.19 bits per heavy atom. The van der Waals surface area contributed by atoms with Crippen molar-refractivity contribution in [2.24, 2.45) is 0 Å². The number of ether oxygens (including phenoxy) is 1. The number of methoxy groups -OCH3 is 1. The molecule has 1 fully saturated rings. The molecular formula is C24H27ClN4O2S. The largest absolute Gasteiger partial charge is 0.495 e. The van der Waals surface area contributed by atoms with Gasteiger partial charge in [0.25, 0.3) is 0 Å². The first-order valence-corrected chi connectivity index (χ1v) is 11.9. The maximum absolute atomic E-state index is 12.2. The van der Waals surface area contributed by atoms with Crippen LogP contribution >= 0.6 is 23.4 Å². The molecular weight excluding hydrogens is 444 g/mol. The van der Waals surface area contributed by atoms with Crippen LogP contribution in [0.2, 0.25) is 5.02 Å². The average Bonchev–Trinajstić information content (AvgIpc) is 3.47. The van der Waals surface area contributed by atoms with Gasteiger partial charge in [0.15, 0.2) is 11.0 Å². The number of hydrogen-bond donors (Lipinski definition) is 1. The van der Waals surface area contributed by atoms with Crippen LogP contribution in [0.15, 0.2) is 47.6 Å². The monoisotopic (exact) mass is 470 g/mol. The van der Waals surface area contributed by atoms with Gasteiger partial charge in [0, 0.05) is 11.6 Å². The lowest BCUT2D eigenvalue weighted by Gasteiger charge is -2.19. The number of nitrogens with one attached hydrogen (secondary N) is 1. The fraction of sp³-hybridized carbons (Fsp3) is 0.375. The van der Waals surface area contributed by atoms with Gasteiger partial charge in [0.2, 0.25) is 5.91 Å². The van der Waals surface area contributed by atoms with Gasteiger partial charge in [0.05, 0.1) is 23.6 Å². The molecule has 1 aliphatic carbocycles. The van der Waals surface area contributed by atoms with Crippen molar-refractivity contribution < 1.29 is 9.53 Å². The maximum atomic E-state index is 12.2. The van der Waals surface area contributed by atoms with Gasteiger partial charge in [-0.25, -0.2) is 0 Å². The molecule has 0 bridgehead atoms. The summed E-state index contributed by atoms with van der Waals surface area (Å²) in [5, 5.41) is 13.0. The highest BCUT2D eigenvalue weighted by atomic mass is 35.5. The fourth-order valence-electron chi connectivity index (χ4n) is 3.32. The van der Waals surface area contributed by atoms with Crippen LogP contribution in [0.3, 0.4) is 0 Å². The number of amides is 1. The first kappa shape index (κ1) is 22.7. The van der Waals surface area contributed by atoms with Crippen molar-refractivity contribution in [3.05, 3.63) is 53.1 Å². The lowest BCUT2D eigenvalue weighted by Crippen LogP contribution is -2.27. The van der Waals surface area contributed by atoms with Crippen LogP contribution in [0.5, 0.6) is 5.75 Å². The Morgan fingerprint density at radius 2 is 1.91 bits per heavy atom. The number of rotatable bonds is 7. The van der Waals surface area contributed by atoms with Crippen LogP contribution < -0.4 is 10.1 Å². The van der Waals surface area contributed by atoms with Gasteiger partial charge in [-0.05, 0) is 42.0 Å². The zero-order valence-electron chi connectivity index (χ0n) is 18.7. The Bertz CT molecular complexity index is 1120. The van der Waals surface area contributed by atoms with Crippen molar-refractivity contribution in [1.29, 1.82) is 0 Å². The second kappa shape index (κ2) is 9.16. The molecule has 1 N–H and O–H groups in total. The minimum Gasteiger partial charge on any atom is -0.495 e. The molecule has 3 aromatic rings. The standard InChI is InChI=1S/C24H27ClN4O2S/c1-24(2,3)16-7-5-15(6-8-16)22-27-28-23(32-14-21(30)26-17-9-10-17)29(22)18-11-12-20(31-4)19(25)13-18/h5-8,11-13,17H,9-10,14H2,1-4H3,(H,26,30). The van der Waals surface area contributed by atoms with E-state index in [-0.39, 0.29) is 17.1 Å². The smallest absolute Gasteiger partial charge is 0.230 e. The molecule has 1 aromatic heterocycles. The van der Waals surface area contributed by atoms with E-state index in [1.54, 1.807) is 7.11 Å². The van der Waals surface area contributed by atoms with Crippen molar-refractivity contribution in [1.82, 2.24) is 20.1 Å². The van der Waals surface area contributed by atoms with Gasteiger partial charge in [-0.2, -0.15) is 0 Å². The first-order valence-electron chi connectivity index (χ1n) is 10.6. The van der Waals surface area contributed by atoms with E-state index in [4.69, 9.17) is 16.3 Å². The molecule has 32 heavy (non-hydrogen) atoms. The predicted octanol–water partition coefficient (Wildman–Crippen LogP) is 5.26. The number of thioether (sulfide) groups is 1. The Hall–Kier alpha value is -2.51. The summed E-state index contributed by atoms with van der Waals surface area (Å²) in [5.41, 5.74) is 3.05. The summed E-state index contributed by atoms with van der Waals surface area (Å²) in [5.74, 6) is 1.58. The molecule has 0 aliphatic heterocycles. The molecule has 6 nitrogen and oxygen atoms in total. The van der Waals surface area contributed by atoms with E-state index in [0.29, 0.717) is 27.8 Å². The van der Waals surface area contributed by atoms with E-state index in [0.717, 1.165) is 24.1 Å². The van der Waals surface area contributed by atoms with E-state index in [9.17, 15) is 4.79 Å². The van der Waals surface area contributed by atoms with Gasteiger partial charge in [-0.3, -0.25) is 9.36 Å². The SMILES string of the molecule is COc1ccc(-n2c(SCC(=O)NC3CC3)nnc2-c2ccc(C(C)(C)C)cc2)cc1Cl. The number of carbonyl (C=O) groups is 1. The number of halogens is 1. The molecule has 8 heteroatoms. The molecule has 0 saturated heterocycles. The average molecular weight is 471 g/mol. The van der Waals surface area contributed by atoms with Crippen molar-refractivity contribution in [2.45, 2.75) is 50.2 Å². The van der Waals surface area contributed by atoms with E-state index in [1.807, 2.05) is 22.8 Å². The molecule has 1 aliphatic rings. The van der Waals surface area contributed by atoms with E-state index in [1.165, 1.54) is 17.3 Å². The van der Waals surface area contributed by atoms with Crippen molar-refractivity contribution in [3.8, 4) is 22.8 Å². The minimum atomic E-state index is 0.0101. The summed E-state index contributed by atoms with van der Waals surface area (Å²) in [6.45, 7) is 6.56. The predicted molar refractivity (Wildman–Crippen MR) is 129 cm³/mol. The number of aromatic nitrogens is 3. The van der Waals surface area contributed by atoms with Crippen molar-refractivity contribution in [2.75, 3.05) is 12.9 Å². The molecule has 0 unspecified atom stereocenters. The second-order valence-electron chi connectivity index (χ2n) is 8.92. The third-order valence-corrected chi connectivity index (χ3v) is 6.54. The summed E-state index contributed by atoms with van der Waals surface area (Å²) in [7, 11) is 1.58. The molecule has 2 aromatic carbocycles. The zero-order valence-corrected chi connectivity index (χ0v) is 20.3. The van der Waals surface area contributed by atoms with Crippen molar-refractivity contribution in [3.63, 3.8) is 0 Å². The van der Waals surface area contributed by atoms with Crippen LogP contribution in [0.1, 0.15) is 39.2 Å². The van der Waals surface area contributed by atoms with Gasteiger partial charge in [-0.15, -0.1) is 10.2 Å². The van der Waals surface area contributed by atoms with Crippen LogP contribution in [-0.4, -0.2) is 39.6 Å². The lowest BCUT2D eigenvalue weighted by atomic mass is 9.87. The van der Waals surface area contributed by atoms with Crippen LogP contribution in [-0.2, 0) is 10.2 Å². The Balaban J connectivity index is 1.70. The third-order valence-electron chi connectivity index (χ3n) is 5.31. The van der Waals surface area contributed by atoms with Crippen molar-refractivity contribution >= 4 is 29.3 Å². The molecule has 4 rings (SSSR count). The molecule has 1 saturated carbocycles. The lowest BCUT2D eigenvalue weighted by molar-refractivity contribution is -0.118. The normalized spacial score (nSPS) is 13.8. The minimum absolute atomic E-state index is 0.0101. The van der Waals surface area contributed by atoms with Crippen LogP contribution in [0.25, 0.3) is 17.1 Å². The van der Waals surface area contributed by atoms with Crippen LogP contribution in [0, 0.1) is 0 Å². The molecule has 0 atom stereocenters. The van der Waals surface area contributed by atoms with Gasteiger partial charge < -0.3 is 10.1 Å². The highest BCUT2D eigenvalue weighted by Gasteiger charge is 2.24.